The van der Waals surface area contributed by atoms with Gasteiger partial charge < -0.3 is 4.43 Å². The molecule has 0 N–H and O–H groups in total. The van der Waals surface area contributed by atoms with Crippen LogP contribution in [-0.4, -0.2) is 14.6 Å². The molecule has 0 radical (unpaired) electrons. The summed E-state index contributed by atoms with van der Waals surface area (Å²) in [6, 6.07) is 1.93. The molecule has 0 fully saturated rings. The molecule has 0 amide bonds. The Morgan fingerprint density at radius 2 is 2.00 bits per heavy atom. The summed E-state index contributed by atoms with van der Waals surface area (Å²) in [6.45, 7) is 13.3. The Bertz CT molecular complexity index is 390. The zero-order valence-corrected chi connectivity index (χ0v) is 13.4. The van der Waals surface area contributed by atoms with Gasteiger partial charge in [0.05, 0.1) is 11.0 Å². The molecule has 0 aliphatic heterocycles. The Kier molecular flexibility index (Phi) is 4.33. The second kappa shape index (κ2) is 5.04. The normalized spacial score (nSPS) is 14.7. The van der Waals surface area contributed by atoms with Gasteiger partial charge in [-0.25, -0.2) is 0 Å². The van der Waals surface area contributed by atoms with Crippen molar-refractivity contribution in [2.45, 2.75) is 51.9 Å². The fourth-order valence-electron chi connectivity index (χ4n) is 1.33. The smallest absolute Gasteiger partial charge is 0.192 e. The van der Waals surface area contributed by atoms with Crippen LogP contribution in [0.2, 0.25) is 18.1 Å². The summed E-state index contributed by atoms with van der Waals surface area (Å²) < 4.78 is 6.28. The largest absolute Gasteiger partial charge is 0.410 e. The summed E-state index contributed by atoms with van der Waals surface area (Å²) >= 11 is 1.48. The van der Waals surface area contributed by atoms with Gasteiger partial charge in [0.25, 0.3) is 0 Å². The molecule has 1 aromatic rings. The van der Waals surface area contributed by atoms with E-state index < -0.39 is 8.32 Å². The maximum Gasteiger partial charge on any atom is 0.192 e. The lowest BCUT2D eigenvalue weighted by molar-refractivity contribution is 0.112. The van der Waals surface area contributed by atoms with E-state index in [0.29, 0.717) is 0 Å². The lowest BCUT2D eigenvalue weighted by Gasteiger charge is -2.38. The number of thiophene rings is 1. The Morgan fingerprint density at radius 1 is 1.41 bits per heavy atom. The van der Waals surface area contributed by atoms with Crippen LogP contribution in [0.4, 0.5) is 0 Å². The summed E-state index contributed by atoms with van der Waals surface area (Å²) in [7, 11) is -1.74. The van der Waals surface area contributed by atoms with Crippen molar-refractivity contribution in [3.63, 3.8) is 0 Å². The van der Waals surface area contributed by atoms with Gasteiger partial charge in [-0.05, 0) is 42.1 Å². The standard InChI is InChI=1S/C13H22O2SSi/c1-10(11-7-12(8-14)16-9-11)15-17(5,6)13(2,3)4/h7-10H,1-6H3. The molecule has 0 saturated heterocycles. The van der Waals surface area contributed by atoms with E-state index >= 15 is 0 Å². The monoisotopic (exact) mass is 270 g/mol. The van der Waals surface area contributed by atoms with Crippen LogP contribution in [-0.2, 0) is 4.43 Å². The fourth-order valence-corrected chi connectivity index (χ4v) is 3.50. The first-order valence-corrected chi connectivity index (χ1v) is 9.67. The maximum atomic E-state index is 10.7. The Hall–Kier alpha value is -0.453. The molecule has 1 heterocycles. The number of hydrogen-bond acceptors (Lipinski definition) is 3. The maximum absolute atomic E-state index is 10.7. The molecule has 1 unspecified atom stereocenters. The predicted molar refractivity (Wildman–Crippen MR) is 76.4 cm³/mol. The highest BCUT2D eigenvalue weighted by atomic mass is 32.1. The number of carbonyl (C=O) groups excluding carboxylic acids is 1. The minimum Gasteiger partial charge on any atom is -0.410 e. The third kappa shape index (κ3) is 3.50. The third-order valence-corrected chi connectivity index (χ3v) is 8.93. The van der Waals surface area contributed by atoms with E-state index in [-0.39, 0.29) is 11.1 Å². The van der Waals surface area contributed by atoms with Crippen LogP contribution < -0.4 is 0 Å². The lowest BCUT2D eigenvalue weighted by Crippen LogP contribution is -2.41. The Labute approximate surface area is 109 Å². The average Bonchev–Trinajstić information content (AvgIpc) is 2.63. The summed E-state index contributed by atoms with van der Waals surface area (Å²) in [5.41, 5.74) is 1.11. The molecule has 1 aromatic heterocycles. The lowest BCUT2D eigenvalue weighted by atomic mass is 10.2. The van der Waals surface area contributed by atoms with Crippen molar-refractivity contribution in [3.8, 4) is 0 Å². The molecule has 0 spiro atoms. The summed E-state index contributed by atoms with van der Waals surface area (Å²) in [6.07, 6.45) is 0.966. The summed E-state index contributed by atoms with van der Waals surface area (Å²) in [5, 5.41) is 2.23. The molecule has 0 aliphatic carbocycles. The molecule has 0 bridgehead atoms. The molecule has 2 nitrogen and oxygen atoms in total. The van der Waals surface area contributed by atoms with Crippen LogP contribution in [0.3, 0.4) is 0 Å². The minimum absolute atomic E-state index is 0.0702. The first-order valence-electron chi connectivity index (χ1n) is 5.89. The quantitative estimate of drug-likeness (QED) is 0.588. The van der Waals surface area contributed by atoms with Gasteiger partial charge in [-0.2, -0.15) is 0 Å². The van der Waals surface area contributed by atoms with E-state index in [9.17, 15) is 4.79 Å². The summed E-state index contributed by atoms with van der Waals surface area (Å²) in [4.78, 5) is 11.4. The van der Waals surface area contributed by atoms with Gasteiger partial charge in [0.2, 0.25) is 0 Å². The van der Waals surface area contributed by atoms with Gasteiger partial charge in [0.1, 0.15) is 0 Å². The third-order valence-electron chi connectivity index (χ3n) is 3.50. The van der Waals surface area contributed by atoms with Crippen LogP contribution in [0, 0.1) is 0 Å². The SMILES string of the molecule is CC(O[Si](C)(C)C(C)(C)C)c1csc(C=O)c1. The minimum atomic E-state index is -1.74. The number of carbonyl (C=O) groups is 1. The van der Waals surface area contributed by atoms with Crippen LogP contribution in [0.5, 0.6) is 0 Å². The number of hydrogen-bond donors (Lipinski definition) is 0. The second-order valence-corrected chi connectivity index (χ2v) is 11.6. The molecule has 1 atom stereocenters. The van der Waals surface area contributed by atoms with Crippen LogP contribution in [0.25, 0.3) is 0 Å². The highest BCUT2D eigenvalue weighted by Crippen LogP contribution is 2.39. The molecule has 0 saturated carbocycles. The van der Waals surface area contributed by atoms with Crippen LogP contribution in [0.1, 0.15) is 49.0 Å². The van der Waals surface area contributed by atoms with Gasteiger partial charge in [-0.1, -0.05) is 20.8 Å². The molecule has 1 rings (SSSR count). The van der Waals surface area contributed by atoms with E-state index in [1.54, 1.807) is 0 Å². The molecule has 4 heteroatoms. The van der Waals surface area contributed by atoms with Crippen LogP contribution in [0.15, 0.2) is 11.4 Å². The zero-order valence-electron chi connectivity index (χ0n) is 11.5. The van der Waals surface area contributed by atoms with Crippen molar-refractivity contribution < 1.29 is 9.22 Å². The van der Waals surface area contributed by atoms with Crippen molar-refractivity contribution in [1.29, 1.82) is 0 Å². The van der Waals surface area contributed by atoms with E-state index in [1.165, 1.54) is 11.3 Å². The van der Waals surface area contributed by atoms with Gasteiger partial charge >= 0.3 is 0 Å². The van der Waals surface area contributed by atoms with Crippen molar-refractivity contribution in [1.82, 2.24) is 0 Å². The van der Waals surface area contributed by atoms with Crippen LogP contribution >= 0.6 is 11.3 Å². The highest BCUT2D eigenvalue weighted by molar-refractivity contribution is 7.11. The fraction of sp³-hybridized carbons (Fsp3) is 0.615. The number of rotatable bonds is 4. The molecular formula is C13H22O2SSi. The van der Waals surface area contributed by atoms with E-state index in [0.717, 1.165) is 16.7 Å². The zero-order chi connectivity index (χ0) is 13.3. The van der Waals surface area contributed by atoms with Gasteiger partial charge in [-0.15, -0.1) is 11.3 Å². The van der Waals surface area contributed by atoms with Crippen molar-refractivity contribution in [3.05, 3.63) is 21.9 Å². The van der Waals surface area contributed by atoms with Crippen molar-refractivity contribution in [2.75, 3.05) is 0 Å². The topological polar surface area (TPSA) is 26.3 Å². The predicted octanol–water partition coefficient (Wildman–Crippen LogP) is 4.64. The summed E-state index contributed by atoms with van der Waals surface area (Å²) in [5.74, 6) is 0. The van der Waals surface area contributed by atoms with E-state index in [4.69, 9.17) is 4.43 Å². The van der Waals surface area contributed by atoms with Crippen molar-refractivity contribution >= 4 is 25.9 Å². The second-order valence-electron chi connectivity index (χ2n) is 5.92. The van der Waals surface area contributed by atoms with Gasteiger partial charge in [0, 0.05) is 0 Å². The molecule has 0 aromatic carbocycles. The van der Waals surface area contributed by atoms with Gasteiger partial charge in [0.15, 0.2) is 14.6 Å². The molecule has 96 valence electrons. The molecular weight excluding hydrogens is 248 g/mol. The Balaban J connectivity index is 2.78. The van der Waals surface area contributed by atoms with Crippen molar-refractivity contribution in [2.24, 2.45) is 0 Å². The molecule has 17 heavy (non-hydrogen) atoms. The first kappa shape index (κ1) is 14.6. The Morgan fingerprint density at radius 3 is 2.41 bits per heavy atom. The number of aldehydes is 1. The average molecular weight is 270 g/mol. The highest BCUT2D eigenvalue weighted by Gasteiger charge is 2.38. The first-order chi connectivity index (χ1) is 7.67. The van der Waals surface area contributed by atoms with E-state index in [2.05, 4.69) is 40.8 Å². The van der Waals surface area contributed by atoms with E-state index in [1.807, 2.05) is 11.4 Å². The molecule has 0 aliphatic rings. The van der Waals surface area contributed by atoms with Gasteiger partial charge in [-0.3, -0.25) is 4.79 Å².